The zero-order valence-corrected chi connectivity index (χ0v) is 11.0. The standard InChI is InChI=1S/C15H20N2O2/c16-17-15(14-7-3-4-9-18-14)12-8-10-19-13-6-2-1-5-11(12)13/h1-2,5-7,12,15,17H,3-4,8-10,16H2. The van der Waals surface area contributed by atoms with Crippen LogP contribution in [0.3, 0.4) is 0 Å². The van der Waals surface area contributed by atoms with E-state index in [0.29, 0.717) is 5.92 Å². The van der Waals surface area contributed by atoms with Crippen molar-refractivity contribution in [2.45, 2.75) is 31.2 Å². The first-order chi connectivity index (χ1) is 9.40. The van der Waals surface area contributed by atoms with Gasteiger partial charge >= 0.3 is 0 Å². The number of para-hydroxylation sites is 1. The second kappa shape index (κ2) is 5.63. The molecule has 0 aliphatic carbocycles. The summed E-state index contributed by atoms with van der Waals surface area (Å²) in [6.07, 6.45) is 5.27. The zero-order valence-electron chi connectivity index (χ0n) is 11.0. The van der Waals surface area contributed by atoms with Crippen LogP contribution in [0.4, 0.5) is 0 Å². The third-order valence-corrected chi connectivity index (χ3v) is 3.86. The maximum absolute atomic E-state index is 5.78. The van der Waals surface area contributed by atoms with Gasteiger partial charge in [0.2, 0.25) is 0 Å². The van der Waals surface area contributed by atoms with Gasteiger partial charge < -0.3 is 9.47 Å². The van der Waals surface area contributed by atoms with Crippen LogP contribution in [0.2, 0.25) is 0 Å². The summed E-state index contributed by atoms with van der Waals surface area (Å²) in [5, 5.41) is 0. The second-order valence-electron chi connectivity index (χ2n) is 5.02. The van der Waals surface area contributed by atoms with Gasteiger partial charge in [0.15, 0.2) is 0 Å². The maximum Gasteiger partial charge on any atom is 0.122 e. The fraction of sp³-hybridized carbons (Fsp3) is 0.467. The number of allylic oxidation sites excluding steroid dienone is 1. The lowest BCUT2D eigenvalue weighted by molar-refractivity contribution is 0.150. The van der Waals surface area contributed by atoms with Gasteiger partial charge in [-0.05, 0) is 37.0 Å². The number of benzene rings is 1. The summed E-state index contributed by atoms with van der Waals surface area (Å²) < 4.78 is 11.5. The number of ether oxygens (including phenoxy) is 2. The molecule has 4 nitrogen and oxygen atoms in total. The topological polar surface area (TPSA) is 56.5 Å². The quantitative estimate of drug-likeness (QED) is 0.645. The van der Waals surface area contributed by atoms with Crippen LogP contribution >= 0.6 is 0 Å². The summed E-state index contributed by atoms with van der Waals surface area (Å²) in [6, 6.07) is 8.22. The van der Waals surface area contributed by atoms with Gasteiger partial charge in [0.05, 0.1) is 19.3 Å². The maximum atomic E-state index is 5.78. The SMILES string of the molecule is NNC(C1=CCCCO1)C1CCOc2ccccc21. The van der Waals surface area contributed by atoms with E-state index in [2.05, 4.69) is 17.6 Å². The highest BCUT2D eigenvalue weighted by atomic mass is 16.5. The molecule has 19 heavy (non-hydrogen) atoms. The van der Waals surface area contributed by atoms with Crippen LogP contribution < -0.4 is 16.0 Å². The van der Waals surface area contributed by atoms with Gasteiger partial charge in [-0.3, -0.25) is 5.84 Å². The minimum Gasteiger partial charge on any atom is -0.497 e. The van der Waals surface area contributed by atoms with Crippen LogP contribution in [-0.2, 0) is 4.74 Å². The van der Waals surface area contributed by atoms with Crippen molar-refractivity contribution in [3.63, 3.8) is 0 Å². The Balaban J connectivity index is 1.90. The molecule has 2 unspecified atom stereocenters. The Morgan fingerprint density at radius 1 is 1.21 bits per heavy atom. The Morgan fingerprint density at radius 3 is 2.89 bits per heavy atom. The molecule has 2 aliphatic rings. The molecule has 3 rings (SSSR count). The normalized spacial score (nSPS) is 23.6. The first kappa shape index (κ1) is 12.5. The molecule has 0 bridgehead atoms. The summed E-state index contributed by atoms with van der Waals surface area (Å²) in [4.78, 5) is 0. The van der Waals surface area contributed by atoms with E-state index in [-0.39, 0.29) is 6.04 Å². The Morgan fingerprint density at radius 2 is 2.11 bits per heavy atom. The highest BCUT2D eigenvalue weighted by Gasteiger charge is 2.32. The molecule has 1 aromatic rings. The van der Waals surface area contributed by atoms with Gasteiger partial charge in [0, 0.05) is 5.92 Å². The first-order valence-corrected chi connectivity index (χ1v) is 6.91. The smallest absolute Gasteiger partial charge is 0.122 e. The van der Waals surface area contributed by atoms with Crippen molar-refractivity contribution >= 4 is 0 Å². The fourth-order valence-corrected chi connectivity index (χ4v) is 2.91. The lowest BCUT2D eigenvalue weighted by Crippen LogP contribution is -2.43. The van der Waals surface area contributed by atoms with E-state index in [0.717, 1.165) is 44.0 Å². The van der Waals surface area contributed by atoms with Crippen LogP contribution in [-0.4, -0.2) is 19.3 Å². The number of hydrazine groups is 1. The largest absolute Gasteiger partial charge is 0.497 e. The number of rotatable bonds is 3. The molecular formula is C15H20N2O2. The molecule has 102 valence electrons. The van der Waals surface area contributed by atoms with Crippen molar-refractivity contribution in [1.29, 1.82) is 0 Å². The van der Waals surface area contributed by atoms with Crippen molar-refractivity contribution in [1.82, 2.24) is 5.43 Å². The van der Waals surface area contributed by atoms with E-state index in [1.165, 1.54) is 5.56 Å². The average Bonchev–Trinajstić information content (AvgIpc) is 2.49. The van der Waals surface area contributed by atoms with Crippen molar-refractivity contribution < 1.29 is 9.47 Å². The summed E-state index contributed by atoms with van der Waals surface area (Å²) >= 11 is 0. The summed E-state index contributed by atoms with van der Waals surface area (Å²) in [6.45, 7) is 1.52. The van der Waals surface area contributed by atoms with Crippen LogP contribution in [0, 0.1) is 0 Å². The van der Waals surface area contributed by atoms with Crippen molar-refractivity contribution in [3.8, 4) is 5.75 Å². The highest BCUT2D eigenvalue weighted by molar-refractivity contribution is 5.40. The summed E-state index contributed by atoms with van der Waals surface area (Å²) in [5.41, 5.74) is 4.15. The van der Waals surface area contributed by atoms with Crippen LogP contribution in [0.1, 0.15) is 30.7 Å². The zero-order chi connectivity index (χ0) is 13.1. The third-order valence-electron chi connectivity index (χ3n) is 3.86. The molecule has 2 atom stereocenters. The molecule has 2 aliphatic heterocycles. The van der Waals surface area contributed by atoms with E-state index in [1.54, 1.807) is 0 Å². The Bertz CT molecular complexity index is 473. The molecule has 0 saturated carbocycles. The molecule has 0 radical (unpaired) electrons. The Hall–Kier alpha value is -1.52. The monoisotopic (exact) mass is 260 g/mol. The van der Waals surface area contributed by atoms with Gasteiger partial charge in [0.25, 0.3) is 0 Å². The summed E-state index contributed by atoms with van der Waals surface area (Å²) in [5.74, 6) is 8.03. The Kier molecular flexibility index (Phi) is 3.71. The second-order valence-corrected chi connectivity index (χ2v) is 5.02. The predicted molar refractivity (Wildman–Crippen MR) is 73.7 cm³/mol. The number of hydrogen-bond acceptors (Lipinski definition) is 4. The molecule has 0 saturated heterocycles. The van der Waals surface area contributed by atoms with Gasteiger partial charge in [-0.2, -0.15) is 0 Å². The Labute approximate surface area is 113 Å². The van der Waals surface area contributed by atoms with E-state index >= 15 is 0 Å². The van der Waals surface area contributed by atoms with Crippen LogP contribution in [0.25, 0.3) is 0 Å². The number of nitrogens with two attached hydrogens (primary N) is 1. The minimum absolute atomic E-state index is 0.0327. The number of hydrogen-bond donors (Lipinski definition) is 2. The average molecular weight is 260 g/mol. The van der Waals surface area contributed by atoms with E-state index in [4.69, 9.17) is 15.3 Å². The van der Waals surface area contributed by atoms with E-state index in [1.807, 2.05) is 18.2 Å². The van der Waals surface area contributed by atoms with Gasteiger partial charge in [-0.1, -0.05) is 18.2 Å². The molecule has 0 aromatic heterocycles. The lowest BCUT2D eigenvalue weighted by atomic mass is 9.85. The fourth-order valence-electron chi connectivity index (χ4n) is 2.91. The molecule has 1 aromatic carbocycles. The molecule has 2 heterocycles. The van der Waals surface area contributed by atoms with E-state index in [9.17, 15) is 0 Å². The lowest BCUT2D eigenvalue weighted by Gasteiger charge is -2.34. The summed E-state index contributed by atoms with van der Waals surface area (Å²) in [7, 11) is 0. The number of fused-ring (bicyclic) bond motifs is 1. The van der Waals surface area contributed by atoms with Crippen LogP contribution in [0.15, 0.2) is 36.1 Å². The van der Waals surface area contributed by atoms with Crippen molar-refractivity contribution in [3.05, 3.63) is 41.7 Å². The van der Waals surface area contributed by atoms with Crippen molar-refractivity contribution in [2.24, 2.45) is 5.84 Å². The molecule has 3 N–H and O–H groups in total. The predicted octanol–water partition coefficient (Wildman–Crippen LogP) is 2.08. The molecule has 0 spiro atoms. The van der Waals surface area contributed by atoms with E-state index < -0.39 is 0 Å². The molecule has 4 heteroatoms. The van der Waals surface area contributed by atoms with Crippen LogP contribution in [0.5, 0.6) is 5.75 Å². The van der Waals surface area contributed by atoms with Gasteiger partial charge in [-0.25, -0.2) is 5.43 Å². The molecule has 0 amide bonds. The van der Waals surface area contributed by atoms with Crippen molar-refractivity contribution in [2.75, 3.05) is 13.2 Å². The molecule has 0 fully saturated rings. The number of nitrogens with one attached hydrogen (secondary N) is 1. The minimum atomic E-state index is 0.0327. The van der Waals surface area contributed by atoms with Gasteiger partial charge in [-0.15, -0.1) is 0 Å². The third kappa shape index (κ3) is 2.46. The highest BCUT2D eigenvalue weighted by Crippen LogP contribution is 2.37. The van der Waals surface area contributed by atoms with Gasteiger partial charge in [0.1, 0.15) is 11.5 Å². The molecular weight excluding hydrogens is 240 g/mol. The first-order valence-electron chi connectivity index (χ1n) is 6.91.